The van der Waals surface area contributed by atoms with Gasteiger partial charge in [-0.1, -0.05) is 25.4 Å². The molecular weight excluding hydrogens is 220 g/mol. The zero-order valence-corrected chi connectivity index (χ0v) is 10.7. The molecular formula is C13H19ClN2. The Morgan fingerprint density at radius 3 is 2.75 bits per heavy atom. The van der Waals surface area contributed by atoms with Crippen molar-refractivity contribution in [3.63, 3.8) is 0 Å². The molecule has 0 unspecified atom stereocenters. The molecule has 0 aliphatic carbocycles. The van der Waals surface area contributed by atoms with Gasteiger partial charge in [-0.05, 0) is 35.6 Å². The van der Waals surface area contributed by atoms with Gasteiger partial charge in [0.25, 0.3) is 0 Å². The summed E-state index contributed by atoms with van der Waals surface area (Å²) in [5.41, 5.74) is 8.57. The maximum atomic E-state index is 5.98. The monoisotopic (exact) mass is 238 g/mol. The summed E-state index contributed by atoms with van der Waals surface area (Å²) in [5.74, 6) is 0. The Kier molecular flexibility index (Phi) is 3.13. The molecule has 0 amide bonds. The average Bonchev–Trinajstić information content (AvgIpc) is 2.58. The van der Waals surface area contributed by atoms with E-state index in [1.165, 1.54) is 12.1 Å². The summed E-state index contributed by atoms with van der Waals surface area (Å²) in [5, 5.41) is 0.766. The van der Waals surface area contributed by atoms with E-state index in [0.717, 1.165) is 23.7 Å². The predicted octanol–water partition coefficient (Wildman–Crippen LogP) is 3.04. The van der Waals surface area contributed by atoms with Gasteiger partial charge in [-0.25, -0.2) is 0 Å². The molecule has 1 aromatic rings. The lowest BCUT2D eigenvalue weighted by molar-refractivity contribution is 0.418. The van der Waals surface area contributed by atoms with Gasteiger partial charge in [-0.3, -0.25) is 0 Å². The van der Waals surface area contributed by atoms with Crippen LogP contribution >= 0.6 is 11.6 Å². The van der Waals surface area contributed by atoms with Gasteiger partial charge in [0.1, 0.15) is 0 Å². The summed E-state index contributed by atoms with van der Waals surface area (Å²) >= 11 is 5.98. The topological polar surface area (TPSA) is 29.3 Å². The molecule has 0 radical (unpaired) electrons. The molecule has 1 aliphatic heterocycles. The van der Waals surface area contributed by atoms with Crippen molar-refractivity contribution in [3.8, 4) is 0 Å². The molecule has 1 aromatic carbocycles. The largest absolute Gasteiger partial charge is 0.371 e. The van der Waals surface area contributed by atoms with Crippen LogP contribution in [0.1, 0.15) is 25.8 Å². The lowest BCUT2D eigenvalue weighted by Crippen LogP contribution is -2.24. The molecule has 2 nitrogen and oxygen atoms in total. The van der Waals surface area contributed by atoms with Crippen molar-refractivity contribution in [3.05, 3.63) is 28.8 Å². The summed E-state index contributed by atoms with van der Waals surface area (Å²) < 4.78 is 0. The van der Waals surface area contributed by atoms with Crippen LogP contribution in [-0.2, 0) is 6.54 Å². The highest BCUT2D eigenvalue weighted by atomic mass is 35.5. The molecule has 0 aromatic heterocycles. The third kappa shape index (κ3) is 2.33. The van der Waals surface area contributed by atoms with Crippen LogP contribution in [0.3, 0.4) is 0 Å². The molecule has 2 N–H and O–H groups in total. The first-order valence-electron chi connectivity index (χ1n) is 5.75. The van der Waals surface area contributed by atoms with Gasteiger partial charge in [-0.15, -0.1) is 0 Å². The van der Waals surface area contributed by atoms with Crippen LogP contribution in [0.15, 0.2) is 18.2 Å². The summed E-state index contributed by atoms with van der Waals surface area (Å²) in [6, 6.07) is 6.01. The molecule has 1 fully saturated rings. The maximum Gasteiger partial charge on any atom is 0.0412 e. The second-order valence-corrected chi connectivity index (χ2v) is 5.75. The normalized spacial score (nSPS) is 19.1. The van der Waals surface area contributed by atoms with E-state index in [4.69, 9.17) is 17.3 Å². The molecule has 0 spiro atoms. The highest BCUT2D eigenvalue weighted by Crippen LogP contribution is 2.34. The zero-order chi connectivity index (χ0) is 11.8. The second kappa shape index (κ2) is 4.27. The molecule has 1 heterocycles. The third-order valence-electron chi connectivity index (χ3n) is 3.28. The standard InChI is InChI=1S/C13H19ClN2/c1-13(2)5-6-16(9-13)12-4-3-11(14)7-10(12)8-15/h3-4,7H,5-6,8-9,15H2,1-2H3. The van der Waals surface area contributed by atoms with E-state index in [1.54, 1.807) is 0 Å². The molecule has 1 aliphatic rings. The van der Waals surface area contributed by atoms with Gasteiger partial charge in [0.05, 0.1) is 0 Å². The fourth-order valence-electron chi connectivity index (χ4n) is 2.34. The van der Waals surface area contributed by atoms with Crippen LogP contribution in [-0.4, -0.2) is 13.1 Å². The molecule has 0 bridgehead atoms. The smallest absolute Gasteiger partial charge is 0.0412 e. The summed E-state index contributed by atoms with van der Waals surface area (Å²) in [7, 11) is 0. The van der Waals surface area contributed by atoms with Crippen molar-refractivity contribution in [1.82, 2.24) is 0 Å². The zero-order valence-electron chi connectivity index (χ0n) is 9.96. The van der Waals surface area contributed by atoms with E-state index >= 15 is 0 Å². The summed E-state index contributed by atoms with van der Waals surface area (Å²) in [6.07, 6.45) is 1.24. The number of benzene rings is 1. The SMILES string of the molecule is CC1(C)CCN(c2ccc(Cl)cc2CN)C1. The summed E-state index contributed by atoms with van der Waals surface area (Å²) in [6.45, 7) is 7.38. The molecule has 88 valence electrons. The molecule has 2 rings (SSSR count). The van der Waals surface area contributed by atoms with Gasteiger partial charge >= 0.3 is 0 Å². The number of hydrogen-bond acceptors (Lipinski definition) is 2. The van der Waals surface area contributed by atoms with Crippen LogP contribution in [0.4, 0.5) is 5.69 Å². The number of halogens is 1. The highest BCUT2D eigenvalue weighted by molar-refractivity contribution is 6.30. The second-order valence-electron chi connectivity index (χ2n) is 5.31. The Morgan fingerprint density at radius 2 is 2.19 bits per heavy atom. The minimum Gasteiger partial charge on any atom is -0.371 e. The van der Waals surface area contributed by atoms with Crippen molar-refractivity contribution in [2.75, 3.05) is 18.0 Å². The van der Waals surface area contributed by atoms with Crippen molar-refractivity contribution < 1.29 is 0 Å². The van der Waals surface area contributed by atoms with Crippen LogP contribution in [0.25, 0.3) is 0 Å². The Morgan fingerprint density at radius 1 is 1.44 bits per heavy atom. The van der Waals surface area contributed by atoms with Crippen LogP contribution in [0.5, 0.6) is 0 Å². The number of nitrogens with zero attached hydrogens (tertiary/aromatic N) is 1. The van der Waals surface area contributed by atoms with E-state index in [1.807, 2.05) is 12.1 Å². The first-order chi connectivity index (χ1) is 7.52. The molecule has 1 saturated heterocycles. The fourth-order valence-corrected chi connectivity index (χ4v) is 2.54. The molecule has 0 atom stereocenters. The van der Waals surface area contributed by atoms with Crippen molar-refractivity contribution in [2.45, 2.75) is 26.8 Å². The van der Waals surface area contributed by atoms with Crippen molar-refractivity contribution in [2.24, 2.45) is 11.1 Å². The van der Waals surface area contributed by atoms with E-state index in [0.29, 0.717) is 12.0 Å². The molecule has 16 heavy (non-hydrogen) atoms. The van der Waals surface area contributed by atoms with Gasteiger partial charge in [0.2, 0.25) is 0 Å². The first-order valence-corrected chi connectivity index (χ1v) is 6.13. The predicted molar refractivity (Wildman–Crippen MR) is 70.0 cm³/mol. The van der Waals surface area contributed by atoms with Gasteiger partial charge in [-0.2, -0.15) is 0 Å². The number of nitrogens with two attached hydrogens (primary N) is 1. The lowest BCUT2D eigenvalue weighted by atomic mass is 9.93. The Labute approximate surface area is 102 Å². The Hall–Kier alpha value is -0.730. The molecule has 3 heteroatoms. The molecule has 0 saturated carbocycles. The van der Waals surface area contributed by atoms with Crippen molar-refractivity contribution in [1.29, 1.82) is 0 Å². The van der Waals surface area contributed by atoms with Crippen LogP contribution < -0.4 is 10.6 Å². The highest BCUT2D eigenvalue weighted by Gasteiger charge is 2.29. The van der Waals surface area contributed by atoms with E-state index < -0.39 is 0 Å². The maximum absolute atomic E-state index is 5.98. The van der Waals surface area contributed by atoms with Crippen LogP contribution in [0.2, 0.25) is 5.02 Å². The Balaban J connectivity index is 2.27. The van der Waals surface area contributed by atoms with E-state index in [9.17, 15) is 0 Å². The van der Waals surface area contributed by atoms with Crippen molar-refractivity contribution >= 4 is 17.3 Å². The van der Waals surface area contributed by atoms with Gasteiger partial charge in [0, 0.05) is 30.3 Å². The van der Waals surface area contributed by atoms with E-state index in [-0.39, 0.29) is 0 Å². The minimum absolute atomic E-state index is 0.408. The van der Waals surface area contributed by atoms with Crippen LogP contribution in [0, 0.1) is 5.41 Å². The van der Waals surface area contributed by atoms with E-state index in [2.05, 4.69) is 24.8 Å². The minimum atomic E-state index is 0.408. The number of hydrogen-bond donors (Lipinski definition) is 1. The first kappa shape index (κ1) is 11.7. The quantitative estimate of drug-likeness (QED) is 0.858. The van der Waals surface area contributed by atoms with Gasteiger partial charge < -0.3 is 10.6 Å². The number of rotatable bonds is 2. The number of anilines is 1. The fraction of sp³-hybridized carbons (Fsp3) is 0.538. The average molecular weight is 239 g/mol. The summed E-state index contributed by atoms with van der Waals surface area (Å²) in [4.78, 5) is 2.42. The Bertz CT molecular complexity index is 388. The third-order valence-corrected chi connectivity index (χ3v) is 3.51. The van der Waals surface area contributed by atoms with Gasteiger partial charge in [0.15, 0.2) is 0 Å². The lowest BCUT2D eigenvalue weighted by Gasteiger charge is -2.24.